The van der Waals surface area contributed by atoms with E-state index < -0.39 is 24.1 Å². The van der Waals surface area contributed by atoms with Crippen LogP contribution in [0.5, 0.6) is 0 Å². The van der Waals surface area contributed by atoms with Crippen LogP contribution in [0.3, 0.4) is 0 Å². The summed E-state index contributed by atoms with van der Waals surface area (Å²) in [4.78, 5) is 24.3. The van der Waals surface area contributed by atoms with E-state index in [0.717, 1.165) is 0 Å². The molecule has 0 radical (unpaired) electrons. The molecule has 1 saturated heterocycles. The molecule has 2 unspecified atom stereocenters. The predicted molar refractivity (Wildman–Crippen MR) is 64.7 cm³/mol. The van der Waals surface area contributed by atoms with Crippen molar-refractivity contribution in [2.75, 3.05) is 26.4 Å². The molecule has 0 aliphatic carbocycles. The lowest BCUT2D eigenvalue weighted by atomic mass is 10.2. The number of morpholine rings is 1. The molecule has 110 valence electrons. The highest BCUT2D eigenvalue weighted by Crippen LogP contribution is 2.12. The summed E-state index contributed by atoms with van der Waals surface area (Å²) in [5, 5.41) is 29.0. The van der Waals surface area contributed by atoms with E-state index in [4.69, 9.17) is 20.1 Å². The maximum absolute atomic E-state index is 12.0. The summed E-state index contributed by atoms with van der Waals surface area (Å²) >= 11 is 0. The van der Waals surface area contributed by atoms with Crippen LogP contribution in [0.2, 0.25) is 0 Å². The molecular formula is C11H20N2O6. The molecule has 4 N–H and O–H groups in total. The van der Waals surface area contributed by atoms with Gasteiger partial charge in [0, 0.05) is 13.0 Å². The first-order valence-electron chi connectivity index (χ1n) is 6.12. The number of carboxylic acids is 1. The van der Waals surface area contributed by atoms with Gasteiger partial charge in [-0.25, -0.2) is 9.59 Å². The number of ether oxygens (including phenoxy) is 1. The van der Waals surface area contributed by atoms with Crippen LogP contribution in [0.4, 0.5) is 4.79 Å². The van der Waals surface area contributed by atoms with E-state index in [2.05, 4.69) is 5.32 Å². The number of hydrogen-bond acceptors (Lipinski definition) is 5. The van der Waals surface area contributed by atoms with Crippen LogP contribution < -0.4 is 5.32 Å². The summed E-state index contributed by atoms with van der Waals surface area (Å²) in [7, 11) is 0. The first-order chi connectivity index (χ1) is 8.99. The number of carboxylic acid groups (broad SMARTS) is 1. The fourth-order valence-corrected chi connectivity index (χ4v) is 1.83. The van der Waals surface area contributed by atoms with E-state index in [9.17, 15) is 9.59 Å². The zero-order valence-electron chi connectivity index (χ0n) is 10.8. The van der Waals surface area contributed by atoms with Crippen LogP contribution >= 0.6 is 0 Å². The number of amides is 2. The van der Waals surface area contributed by atoms with Crippen LogP contribution in [0.25, 0.3) is 0 Å². The van der Waals surface area contributed by atoms with Gasteiger partial charge in [-0.05, 0) is 6.92 Å². The van der Waals surface area contributed by atoms with E-state index in [1.165, 1.54) is 4.90 Å². The molecule has 0 bridgehead atoms. The zero-order valence-corrected chi connectivity index (χ0v) is 10.8. The standard InChI is InChI=1S/C11H20N2O6/c1-7-6-19-8(5-15)4-13(7)11(18)12-9(2-3-14)10(16)17/h7-9,14-15H,2-6H2,1H3,(H,12,18)(H,16,17)/t7?,8?,9-/m0/s1. The maximum Gasteiger partial charge on any atom is 0.326 e. The number of nitrogens with zero attached hydrogens (tertiary/aromatic N) is 1. The first kappa shape index (κ1) is 15.7. The summed E-state index contributed by atoms with van der Waals surface area (Å²) in [6.07, 6.45) is -0.508. The highest BCUT2D eigenvalue weighted by Gasteiger charge is 2.31. The minimum Gasteiger partial charge on any atom is -0.480 e. The Balaban J connectivity index is 2.61. The van der Waals surface area contributed by atoms with Crippen LogP contribution in [0.15, 0.2) is 0 Å². The van der Waals surface area contributed by atoms with Gasteiger partial charge in [-0.3, -0.25) is 0 Å². The lowest BCUT2D eigenvalue weighted by Crippen LogP contribution is -2.57. The number of nitrogens with one attached hydrogen (secondary N) is 1. The number of carbonyl (C=O) groups is 2. The molecule has 8 heteroatoms. The van der Waals surface area contributed by atoms with Crippen LogP contribution in [0.1, 0.15) is 13.3 Å². The fraction of sp³-hybridized carbons (Fsp3) is 0.818. The second-order valence-electron chi connectivity index (χ2n) is 4.49. The Labute approximate surface area is 111 Å². The average molecular weight is 276 g/mol. The van der Waals surface area contributed by atoms with Crippen molar-refractivity contribution < 1.29 is 29.6 Å². The van der Waals surface area contributed by atoms with Gasteiger partial charge in [-0.15, -0.1) is 0 Å². The molecule has 1 aliphatic rings. The van der Waals surface area contributed by atoms with E-state index in [1.54, 1.807) is 6.92 Å². The van der Waals surface area contributed by atoms with Crippen LogP contribution in [-0.4, -0.2) is 76.8 Å². The maximum atomic E-state index is 12.0. The van der Waals surface area contributed by atoms with Gasteiger partial charge < -0.3 is 30.3 Å². The third-order valence-corrected chi connectivity index (χ3v) is 2.98. The Morgan fingerprint density at radius 1 is 1.47 bits per heavy atom. The van der Waals surface area contributed by atoms with Gasteiger partial charge in [0.2, 0.25) is 0 Å². The summed E-state index contributed by atoms with van der Waals surface area (Å²) in [6, 6.07) is -1.86. The lowest BCUT2D eigenvalue weighted by Gasteiger charge is -2.37. The van der Waals surface area contributed by atoms with E-state index in [1.807, 2.05) is 0 Å². The smallest absolute Gasteiger partial charge is 0.326 e. The number of aliphatic hydroxyl groups excluding tert-OH is 2. The molecular weight excluding hydrogens is 256 g/mol. The topological polar surface area (TPSA) is 119 Å². The largest absolute Gasteiger partial charge is 0.480 e. The van der Waals surface area contributed by atoms with Gasteiger partial charge in [0.15, 0.2) is 0 Å². The number of carbonyl (C=O) groups excluding carboxylic acids is 1. The zero-order chi connectivity index (χ0) is 14.4. The molecule has 0 saturated carbocycles. The summed E-state index contributed by atoms with van der Waals surface area (Å²) in [5.74, 6) is -1.19. The van der Waals surface area contributed by atoms with E-state index in [0.29, 0.717) is 0 Å². The summed E-state index contributed by atoms with van der Waals surface area (Å²) < 4.78 is 5.29. The van der Waals surface area contributed by atoms with Crippen LogP contribution in [0, 0.1) is 0 Å². The van der Waals surface area contributed by atoms with Crippen molar-refractivity contribution in [3.05, 3.63) is 0 Å². The number of aliphatic carboxylic acids is 1. The second kappa shape index (κ2) is 7.27. The molecule has 1 heterocycles. The Morgan fingerprint density at radius 2 is 2.16 bits per heavy atom. The van der Waals surface area contributed by atoms with Gasteiger partial charge in [-0.2, -0.15) is 0 Å². The SMILES string of the molecule is CC1COC(CO)CN1C(=O)N[C@@H](CCO)C(=O)O. The monoisotopic (exact) mass is 276 g/mol. The Morgan fingerprint density at radius 3 is 2.68 bits per heavy atom. The van der Waals surface area contributed by atoms with Gasteiger partial charge in [0.05, 0.1) is 31.9 Å². The Hall–Kier alpha value is -1.38. The molecule has 0 aromatic rings. The Kier molecular flexibility index (Phi) is 6.00. The minimum atomic E-state index is -1.19. The normalized spacial score (nSPS) is 24.9. The molecule has 19 heavy (non-hydrogen) atoms. The summed E-state index contributed by atoms with van der Waals surface area (Å²) in [6.45, 7) is 1.74. The molecule has 1 fully saturated rings. The van der Waals surface area contributed by atoms with Crippen LogP contribution in [-0.2, 0) is 9.53 Å². The average Bonchev–Trinajstić information content (AvgIpc) is 2.38. The Bertz CT molecular complexity index is 324. The minimum absolute atomic E-state index is 0.0524. The third kappa shape index (κ3) is 4.34. The van der Waals surface area contributed by atoms with Crippen molar-refractivity contribution in [3.63, 3.8) is 0 Å². The molecule has 2 amide bonds. The highest BCUT2D eigenvalue weighted by molar-refractivity contribution is 5.82. The van der Waals surface area contributed by atoms with Crippen molar-refractivity contribution in [3.8, 4) is 0 Å². The van der Waals surface area contributed by atoms with Gasteiger partial charge >= 0.3 is 12.0 Å². The molecule has 1 rings (SSSR count). The number of aliphatic hydroxyl groups is 2. The number of urea groups is 1. The molecule has 0 aromatic heterocycles. The van der Waals surface area contributed by atoms with Crippen molar-refractivity contribution in [2.45, 2.75) is 31.5 Å². The first-order valence-corrected chi connectivity index (χ1v) is 6.12. The predicted octanol–water partition coefficient (Wildman–Crippen LogP) is -1.39. The lowest BCUT2D eigenvalue weighted by molar-refractivity contribution is -0.139. The van der Waals surface area contributed by atoms with Gasteiger partial charge in [0.25, 0.3) is 0 Å². The second-order valence-corrected chi connectivity index (χ2v) is 4.49. The van der Waals surface area contributed by atoms with Crippen molar-refractivity contribution in [1.29, 1.82) is 0 Å². The molecule has 0 aromatic carbocycles. The molecule has 3 atom stereocenters. The van der Waals surface area contributed by atoms with Gasteiger partial charge in [0.1, 0.15) is 6.04 Å². The van der Waals surface area contributed by atoms with E-state index in [-0.39, 0.29) is 38.8 Å². The van der Waals surface area contributed by atoms with Crippen molar-refractivity contribution in [1.82, 2.24) is 10.2 Å². The quantitative estimate of drug-likeness (QED) is 0.491. The molecule has 0 spiro atoms. The van der Waals surface area contributed by atoms with Crippen molar-refractivity contribution >= 4 is 12.0 Å². The highest BCUT2D eigenvalue weighted by atomic mass is 16.5. The third-order valence-electron chi connectivity index (χ3n) is 2.98. The fourth-order valence-electron chi connectivity index (χ4n) is 1.83. The van der Waals surface area contributed by atoms with Crippen molar-refractivity contribution in [2.24, 2.45) is 0 Å². The molecule has 1 aliphatic heterocycles. The summed E-state index contributed by atoms with van der Waals surface area (Å²) in [5.41, 5.74) is 0. The molecule has 8 nitrogen and oxygen atoms in total. The number of rotatable bonds is 5. The number of hydrogen-bond donors (Lipinski definition) is 4. The van der Waals surface area contributed by atoms with E-state index >= 15 is 0 Å². The van der Waals surface area contributed by atoms with Gasteiger partial charge in [-0.1, -0.05) is 0 Å².